The van der Waals surface area contributed by atoms with Crippen LogP contribution >= 0.6 is 23.2 Å². The number of nitrogens with zero attached hydrogens (tertiary/aromatic N) is 2. The molecule has 1 amide bonds. The van der Waals surface area contributed by atoms with Gasteiger partial charge in [0.25, 0.3) is 15.9 Å². The molecule has 0 radical (unpaired) electrons. The van der Waals surface area contributed by atoms with E-state index in [-0.39, 0.29) is 15.6 Å². The van der Waals surface area contributed by atoms with E-state index in [0.29, 0.717) is 28.7 Å². The van der Waals surface area contributed by atoms with Gasteiger partial charge in [0.2, 0.25) is 0 Å². The first-order chi connectivity index (χ1) is 19.3. The average Bonchev–Trinajstić information content (AvgIpc) is 2.96. The fraction of sp³-hybridized carbons (Fsp3) is 0.103. The number of amides is 1. The van der Waals surface area contributed by atoms with Gasteiger partial charge in [-0.25, -0.2) is 13.8 Å². The zero-order chi connectivity index (χ0) is 28.5. The first-order valence-corrected chi connectivity index (χ1v) is 14.2. The third-order valence-corrected chi connectivity index (χ3v) is 7.94. The minimum absolute atomic E-state index is 0.000939. The maximum atomic E-state index is 13.4. The second-order valence-electron chi connectivity index (χ2n) is 8.40. The number of nitrogens with one attached hydrogen (secondary N) is 1. The van der Waals surface area contributed by atoms with Crippen LogP contribution in [-0.2, 0) is 21.4 Å². The molecule has 0 saturated heterocycles. The van der Waals surface area contributed by atoms with Gasteiger partial charge in [0, 0.05) is 5.02 Å². The second kappa shape index (κ2) is 13.3. The molecule has 4 aromatic carbocycles. The summed E-state index contributed by atoms with van der Waals surface area (Å²) in [6.07, 6.45) is 1.41. The van der Waals surface area contributed by atoms with Crippen molar-refractivity contribution in [1.29, 1.82) is 0 Å². The molecule has 0 heterocycles. The average molecular weight is 599 g/mol. The lowest BCUT2D eigenvalue weighted by molar-refractivity contribution is -0.119. The molecule has 40 heavy (non-hydrogen) atoms. The summed E-state index contributed by atoms with van der Waals surface area (Å²) in [6, 6.07) is 27.0. The maximum absolute atomic E-state index is 13.4. The largest absolute Gasteiger partial charge is 0.493 e. The third-order valence-electron chi connectivity index (χ3n) is 5.62. The Kier molecular flexibility index (Phi) is 9.65. The van der Waals surface area contributed by atoms with Crippen LogP contribution in [0.3, 0.4) is 0 Å². The summed E-state index contributed by atoms with van der Waals surface area (Å²) in [7, 11) is -2.61. The van der Waals surface area contributed by atoms with Crippen LogP contribution in [-0.4, -0.2) is 34.2 Å². The molecule has 1 N–H and O–H groups in total. The number of hydrogen-bond acceptors (Lipinski definition) is 6. The molecule has 0 aliphatic carbocycles. The minimum Gasteiger partial charge on any atom is -0.493 e. The SMILES string of the molecule is COc1cc(/C=N\NC(=O)CN(c2ccc(Cl)cc2Cl)S(=O)(=O)c2ccccc2)ccc1OCc1ccccc1. The summed E-state index contributed by atoms with van der Waals surface area (Å²) < 4.78 is 39.1. The highest BCUT2D eigenvalue weighted by Crippen LogP contribution is 2.32. The van der Waals surface area contributed by atoms with Crippen LogP contribution in [0.5, 0.6) is 11.5 Å². The van der Waals surface area contributed by atoms with E-state index in [2.05, 4.69) is 10.5 Å². The standard InChI is InChI=1S/C29H25Cl2N3O5S/c1-38-28-16-22(12-15-27(28)39-20-21-8-4-2-5-9-21)18-32-33-29(35)19-34(26-14-13-23(30)17-25(26)31)40(36,37)24-10-6-3-7-11-24/h2-18H,19-20H2,1H3,(H,33,35)/b32-18-. The summed E-state index contributed by atoms with van der Waals surface area (Å²) in [5.74, 6) is 0.356. The number of carbonyl (C=O) groups is 1. The lowest BCUT2D eigenvalue weighted by Crippen LogP contribution is -2.39. The molecule has 4 aromatic rings. The normalized spacial score (nSPS) is 11.3. The van der Waals surface area contributed by atoms with Crippen molar-refractivity contribution in [2.24, 2.45) is 5.10 Å². The van der Waals surface area contributed by atoms with Gasteiger partial charge in [0.1, 0.15) is 13.2 Å². The van der Waals surface area contributed by atoms with E-state index in [1.54, 1.807) is 36.4 Å². The van der Waals surface area contributed by atoms with Crippen molar-refractivity contribution in [1.82, 2.24) is 5.43 Å². The van der Waals surface area contributed by atoms with Crippen LogP contribution in [0, 0.1) is 0 Å². The highest BCUT2D eigenvalue weighted by atomic mass is 35.5. The molecular weight excluding hydrogens is 573 g/mol. The molecule has 0 aliphatic rings. The summed E-state index contributed by atoms with van der Waals surface area (Å²) in [4.78, 5) is 12.8. The van der Waals surface area contributed by atoms with Crippen molar-refractivity contribution in [3.05, 3.63) is 118 Å². The van der Waals surface area contributed by atoms with Crippen molar-refractivity contribution in [3.63, 3.8) is 0 Å². The third kappa shape index (κ3) is 7.32. The quantitative estimate of drug-likeness (QED) is 0.171. The number of benzene rings is 4. The highest BCUT2D eigenvalue weighted by Gasteiger charge is 2.28. The van der Waals surface area contributed by atoms with E-state index in [0.717, 1.165) is 9.87 Å². The Morgan fingerprint density at radius 2 is 1.62 bits per heavy atom. The molecule has 8 nitrogen and oxygen atoms in total. The van der Waals surface area contributed by atoms with E-state index >= 15 is 0 Å². The number of rotatable bonds is 11. The van der Waals surface area contributed by atoms with Gasteiger partial charge < -0.3 is 9.47 Å². The van der Waals surface area contributed by atoms with Crippen LogP contribution in [0.15, 0.2) is 107 Å². The molecule has 0 atom stereocenters. The maximum Gasteiger partial charge on any atom is 0.264 e. The molecule has 0 saturated carbocycles. The fourth-order valence-electron chi connectivity index (χ4n) is 3.67. The topological polar surface area (TPSA) is 97.3 Å². The van der Waals surface area contributed by atoms with Crippen molar-refractivity contribution in [2.45, 2.75) is 11.5 Å². The Morgan fingerprint density at radius 3 is 2.30 bits per heavy atom. The smallest absolute Gasteiger partial charge is 0.264 e. The molecule has 206 valence electrons. The lowest BCUT2D eigenvalue weighted by atomic mass is 10.2. The van der Waals surface area contributed by atoms with Crippen molar-refractivity contribution >= 4 is 51.0 Å². The van der Waals surface area contributed by atoms with E-state index in [9.17, 15) is 13.2 Å². The second-order valence-corrected chi connectivity index (χ2v) is 11.1. The van der Waals surface area contributed by atoms with Gasteiger partial charge in [-0.3, -0.25) is 9.10 Å². The van der Waals surface area contributed by atoms with Gasteiger partial charge in [-0.2, -0.15) is 5.10 Å². The monoisotopic (exact) mass is 597 g/mol. The van der Waals surface area contributed by atoms with Crippen LogP contribution in [0.4, 0.5) is 5.69 Å². The molecule has 0 bridgehead atoms. The Hall–Kier alpha value is -4.05. The van der Waals surface area contributed by atoms with Gasteiger partial charge in [0.05, 0.1) is 28.9 Å². The van der Waals surface area contributed by atoms with Crippen LogP contribution in [0.25, 0.3) is 0 Å². The van der Waals surface area contributed by atoms with E-state index < -0.39 is 22.5 Å². The summed E-state index contributed by atoms with van der Waals surface area (Å²) in [5.41, 5.74) is 4.11. The number of hydrogen-bond donors (Lipinski definition) is 1. The zero-order valence-electron chi connectivity index (χ0n) is 21.3. The molecule has 0 unspecified atom stereocenters. The van der Waals surface area contributed by atoms with Crippen molar-refractivity contribution in [2.75, 3.05) is 18.0 Å². The summed E-state index contributed by atoms with van der Waals surface area (Å²) in [6.45, 7) is -0.202. The molecule has 0 fully saturated rings. The lowest BCUT2D eigenvalue weighted by Gasteiger charge is -2.24. The van der Waals surface area contributed by atoms with E-state index in [1.807, 2.05) is 30.3 Å². The zero-order valence-corrected chi connectivity index (χ0v) is 23.7. The number of anilines is 1. The van der Waals surface area contributed by atoms with Crippen molar-refractivity contribution < 1.29 is 22.7 Å². The van der Waals surface area contributed by atoms with Crippen LogP contribution in [0.2, 0.25) is 10.0 Å². The molecule has 11 heteroatoms. The van der Waals surface area contributed by atoms with Crippen LogP contribution in [0.1, 0.15) is 11.1 Å². The predicted molar refractivity (Wildman–Crippen MR) is 157 cm³/mol. The van der Waals surface area contributed by atoms with Gasteiger partial charge in [-0.1, -0.05) is 71.7 Å². The van der Waals surface area contributed by atoms with Gasteiger partial charge >= 0.3 is 0 Å². The molecule has 4 rings (SSSR count). The highest BCUT2D eigenvalue weighted by molar-refractivity contribution is 7.92. The number of halogens is 2. The van der Waals surface area contributed by atoms with Gasteiger partial charge in [-0.05, 0) is 59.7 Å². The molecule has 0 aromatic heterocycles. The van der Waals surface area contributed by atoms with Gasteiger partial charge in [0.15, 0.2) is 11.5 Å². The number of methoxy groups -OCH3 is 1. The first-order valence-electron chi connectivity index (χ1n) is 12.0. The molecule has 0 aliphatic heterocycles. The Bertz CT molecular complexity index is 1600. The summed E-state index contributed by atoms with van der Waals surface area (Å²) in [5, 5.41) is 4.38. The predicted octanol–water partition coefficient (Wildman–Crippen LogP) is 5.93. The Balaban J connectivity index is 1.47. The number of ether oxygens (including phenoxy) is 2. The summed E-state index contributed by atoms with van der Waals surface area (Å²) >= 11 is 12.3. The number of carbonyl (C=O) groups excluding carboxylic acids is 1. The first kappa shape index (κ1) is 28.9. The molecular formula is C29H25Cl2N3O5S. The number of sulfonamides is 1. The van der Waals surface area contributed by atoms with Gasteiger partial charge in [-0.15, -0.1) is 0 Å². The molecule has 0 spiro atoms. The minimum atomic E-state index is -4.14. The van der Waals surface area contributed by atoms with Crippen LogP contribution < -0.4 is 19.2 Å². The van der Waals surface area contributed by atoms with Crippen molar-refractivity contribution in [3.8, 4) is 11.5 Å². The Labute approximate surface area is 242 Å². The number of hydrazone groups is 1. The Morgan fingerprint density at radius 1 is 0.925 bits per heavy atom. The van der Waals surface area contributed by atoms with E-state index in [4.69, 9.17) is 32.7 Å². The fourth-order valence-corrected chi connectivity index (χ4v) is 5.69. The van der Waals surface area contributed by atoms with E-state index in [1.165, 1.54) is 43.7 Å².